The van der Waals surface area contributed by atoms with Crippen molar-refractivity contribution in [2.45, 2.75) is 0 Å². The predicted molar refractivity (Wildman–Crippen MR) is 161 cm³/mol. The molecule has 6 aromatic carbocycles. The molecule has 0 radical (unpaired) electrons. The summed E-state index contributed by atoms with van der Waals surface area (Å²) in [5.74, 6) is 0. The van der Waals surface area contributed by atoms with Crippen molar-refractivity contribution in [3.63, 3.8) is 0 Å². The van der Waals surface area contributed by atoms with Crippen molar-refractivity contribution in [2.24, 2.45) is 0 Å². The summed E-state index contributed by atoms with van der Waals surface area (Å²) in [5, 5.41) is 5.04. The van der Waals surface area contributed by atoms with Crippen molar-refractivity contribution in [1.29, 1.82) is 0 Å². The summed E-state index contributed by atoms with van der Waals surface area (Å²) in [6.45, 7) is 0. The second kappa shape index (κ2) is 8.22. The Morgan fingerprint density at radius 3 is 1.95 bits per heavy atom. The van der Waals surface area contributed by atoms with Crippen LogP contribution >= 0.6 is 0 Å². The molecule has 8 aromatic rings. The fourth-order valence-corrected chi connectivity index (χ4v) is 6.02. The second-order valence-electron chi connectivity index (χ2n) is 9.87. The minimum atomic E-state index is 1.17. The number of nitrogens with one attached hydrogen (secondary N) is 1. The van der Waals surface area contributed by atoms with Crippen LogP contribution in [0.5, 0.6) is 0 Å². The van der Waals surface area contributed by atoms with E-state index in [1.54, 1.807) is 0 Å². The molecule has 0 bridgehead atoms. The molecule has 38 heavy (non-hydrogen) atoms. The number of hydrogen-bond donors (Lipinski definition) is 1. The van der Waals surface area contributed by atoms with E-state index in [2.05, 4.69) is 149 Å². The number of para-hydroxylation sites is 2. The van der Waals surface area contributed by atoms with Crippen LogP contribution in [0, 0.1) is 0 Å². The fraction of sp³-hybridized carbons (Fsp3) is 0. The Morgan fingerprint density at radius 1 is 0.447 bits per heavy atom. The summed E-state index contributed by atoms with van der Waals surface area (Å²) < 4.78 is 2.45. The van der Waals surface area contributed by atoms with Crippen molar-refractivity contribution in [3.05, 3.63) is 140 Å². The molecule has 178 valence electrons. The number of fused-ring (bicyclic) bond motifs is 7. The third-order valence-electron chi connectivity index (χ3n) is 7.75. The second-order valence-corrected chi connectivity index (χ2v) is 9.87. The number of hydrogen-bond acceptors (Lipinski definition) is 0. The zero-order chi connectivity index (χ0) is 25.1. The maximum atomic E-state index is 3.75. The van der Waals surface area contributed by atoms with Crippen LogP contribution in [0.15, 0.2) is 140 Å². The van der Waals surface area contributed by atoms with Gasteiger partial charge in [0, 0.05) is 32.6 Å². The van der Waals surface area contributed by atoms with E-state index in [1.165, 1.54) is 71.6 Å². The molecule has 0 atom stereocenters. The lowest BCUT2D eigenvalue weighted by Gasteiger charge is -2.16. The summed E-state index contributed by atoms with van der Waals surface area (Å²) in [6.07, 6.45) is 0. The maximum absolute atomic E-state index is 3.75. The number of rotatable bonds is 3. The molecule has 0 saturated heterocycles. The van der Waals surface area contributed by atoms with Gasteiger partial charge in [-0.1, -0.05) is 115 Å². The van der Waals surface area contributed by atoms with Crippen molar-refractivity contribution in [2.75, 3.05) is 0 Å². The van der Waals surface area contributed by atoms with E-state index in [1.807, 2.05) is 0 Å². The Labute approximate surface area is 220 Å². The lowest BCUT2D eigenvalue weighted by Crippen LogP contribution is -1.98. The van der Waals surface area contributed by atoms with E-state index < -0.39 is 0 Å². The molecule has 2 aromatic heterocycles. The SMILES string of the molecule is c1ccc(-c2ccc(-c3ccccc3)c(-n3c4ccccc4c4c5[nH]c6ccccc6c5ccc43)c2)cc1. The van der Waals surface area contributed by atoms with Crippen LogP contribution in [0.25, 0.3) is 71.6 Å². The fourth-order valence-electron chi connectivity index (χ4n) is 6.02. The van der Waals surface area contributed by atoms with Crippen LogP contribution in [-0.4, -0.2) is 9.55 Å². The number of H-pyrrole nitrogens is 1. The Morgan fingerprint density at radius 2 is 1.13 bits per heavy atom. The molecule has 0 spiro atoms. The first-order chi connectivity index (χ1) is 18.9. The van der Waals surface area contributed by atoms with E-state index >= 15 is 0 Å². The normalized spacial score (nSPS) is 11.7. The molecule has 2 heterocycles. The van der Waals surface area contributed by atoms with Crippen LogP contribution in [0.2, 0.25) is 0 Å². The highest BCUT2D eigenvalue weighted by molar-refractivity contribution is 6.25. The van der Waals surface area contributed by atoms with E-state index in [-0.39, 0.29) is 0 Å². The van der Waals surface area contributed by atoms with Crippen molar-refractivity contribution in [3.8, 4) is 27.9 Å². The zero-order valence-electron chi connectivity index (χ0n) is 20.7. The first-order valence-electron chi connectivity index (χ1n) is 13.0. The Hall–Kier alpha value is -5.08. The lowest BCUT2D eigenvalue weighted by molar-refractivity contribution is 1.18. The van der Waals surface area contributed by atoms with Crippen LogP contribution in [-0.2, 0) is 0 Å². The van der Waals surface area contributed by atoms with Gasteiger partial charge >= 0.3 is 0 Å². The summed E-state index contributed by atoms with van der Waals surface area (Å²) in [5.41, 5.74) is 10.8. The molecule has 2 heteroatoms. The molecule has 0 unspecified atom stereocenters. The average molecular weight is 485 g/mol. The minimum absolute atomic E-state index is 1.17. The molecular weight excluding hydrogens is 460 g/mol. The standard InChI is InChI=1S/C36H24N2/c1-3-11-24(12-4-1)26-19-20-27(25-13-5-2-6-14-25)34(23-26)38-32-18-10-8-16-30(32)35-33(38)22-21-29-28-15-7-9-17-31(28)37-36(29)35/h1-23,37H. The highest BCUT2D eigenvalue weighted by Gasteiger charge is 2.19. The van der Waals surface area contributed by atoms with E-state index in [9.17, 15) is 0 Å². The van der Waals surface area contributed by atoms with Gasteiger partial charge in [0.1, 0.15) is 0 Å². The van der Waals surface area contributed by atoms with Gasteiger partial charge < -0.3 is 9.55 Å². The minimum Gasteiger partial charge on any atom is -0.354 e. The topological polar surface area (TPSA) is 20.7 Å². The number of nitrogens with zero attached hydrogens (tertiary/aromatic N) is 1. The molecule has 2 nitrogen and oxygen atoms in total. The van der Waals surface area contributed by atoms with E-state index in [4.69, 9.17) is 0 Å². The van der Waals surface area contributed by atoms with Crippen LogP contribution in [0.4, 0.5) is 0 Å². The number of aromatic amines is 1. The third-order valence-corrected chi connectivity index (χ3v) is 7.75. The summed E-state index contributed by atoms with van der Waals surface area (Å²) in [6, 6.07) is 50.1. The highest BCUT2D eigenvalue weighted by atomic mass is 15.0. The van der Waals surface area contributed by atoms with Crippen LogP contribution < -0.4 is 0 Å². The maximum Gasteiger partial charge on any atom is 0.0566 e. The van der Waals surface area contributed by atoms with Gasteiger partial charge in [-0.25, -0.2) is 0 Å². The Bertz CT molecular complexity index is 2110. The highest BCUT2D eigenvalue weighted by Crippen LogP contribution is 2.41. The first kappa shape index (κ1) is 21.0. The smallest absolute Gasteiger partial charge is 0.0566 e. The van der Waals surface area contributed by atoms with Crippen molar-refractivity contribution < 1.29 is 0 Å². The molecule has 0 aliphatic carbocycles. The van der Waals surface area contributed by atoms with E-state index in [0.29, 0.717) is 0 Å². The van der Waals surface area contributed by atoms with E-state index in [0.717, 1.165) is 0 Å². The van der Waals surface area contributed by atoms with Gasteiger partial charge in [-0.05, 0) is 41.0 Å². The molecule has 0 aliphatic rings. The summed E-state index contributed by atoms with van der Waals surface area (Å²) in [7, 11) is 0. The molecule has 0 aliphatic heterocycles. The van der Waals surface area contributed by atoms with Crippen molar-refractivity contribution in [1.82, 2.24) is 9.55 Å². The number of aromatic nitrogens is 2. The lowest BCUT2D eigenvalue weighted by atomic mass is 9.98. The first-order valence-corrected chi connectivity index (χ1v) is 13.0. The molecule has 0 saturated carbocycles. The summed E-state index contributed by atoms with van der Waals surface area (Å²) in [4.78, 5) is 3.75. The van der Waals surface area contributed by atoms with Gasteiger partial charge in [0.25, 0.3) is 0 Å². The van der Waals surface area contributed by atoms with Crippen molar-refractivity contribution >= 4 is 43.6 Å². The van der Waals surface area contributed by atoms with Gasteiger partial charge in [-0.2, -0.15) is 0 Å². The average Bonchev–Trinajstić information content (AvgIpc) is 3.53. The third kappa shape index (κ3) is 3.07. The predicted octanol–water partition coefficient (Wildman–Crippen LogP) is 9.75. The largest absolute Gasteiger partial charge is 0.354 e. The van der Waals surface area contributed by atoms with Gasteiger partial charge in [-0.15, -0.1) is 0 Å². The zero-order valence-corrected chi connectivity index (χ0v) is 20.7. The molecular formula is C36H24N2. The molecule has 0 amide bonds. The summed E-state index contributed by atoms with van der Waals surface area (Å²) >= 11 is 0. The molecule has 8 rings (SSSR count). The van der Waals surface area contributed by atoms with Crippen LogP contribution in [0.3, 0.4) is 0 Å². The molecule has 1 N–H and O–H groups in total. The number of benzene rings is 6. The monoisotopic (exact) mass is 484 g/mol. The molecule has 0 fully saturated rings. The van der Waals surface area contributed by atoms with Gasteiger partial charge in [0.2, 0.25) is 0 Å². The Kier molecular flexibility index (Phi) is 4.55. The Balaban J connectivity index is 1.52. The van der Waals surface area contributed by atoms with Gasteiger partial charge in [0.05, 0.1) is 22.2 Å². The van der Waals surface area contributed by atoms with Gasteiger partial charge in [0.15, 0.2) is 0 Å². The van der Waals surface area contributed by atoms with Gasteiger partial charge in [-0.3, -0.25) is 0 Å². The van der Waals surface area contributed by atoms with Crippen LogP contribution in [0.1, 0.15) is 0 Å². The quantitative estimate of drug-likeness (QED) is 0.258.